The summed E-state index contributed by atoms with van der Waals surface area (Å²) in [5.74, 6) is 0.605. The van der Waals surface area contributed by atoms with E-state index in [1.54, 1.807) is 0 Å². The molecule has 2 saturated heterocycles. The molecule has 2 heterocycles. The third-order valence-electron chi connectivity index (χ3n) is 6.59. The molecule has 3 heteroatoms. The average Bonchev–Trinajstić information content (AvgIpc) is 3.24. The first-order valence-electron chi connectivity index (χ1n) is 10.9. The van der Waals surface area contributed by atoms with Crippen LogP contribution in [0.15, 0.2) is 60.7 Å². The fourth-order valence-electron chi connectivity index (χ4n) is 5.21. The normalized spacial score (nSPS) is 23.3. The van der Waals surface area contributed by atoms with Gasteiger partial charge < -0.3 is 4.90 Å². The van der Waals surface area contributed by atoms with E-state index in [0.29, 0.717) is 5.91 Å². The molecule has 0 bridgehead atoms. The summed E-state index contributed by atoms with van der Waals surface area (Å²) >= 11 is 0. The van der Waals surface area contributed by atoms with E-state index < -0.39 is 0 Å². The van der Waals surface area contributed by atoms with Crippen molar-refractivity contribution in [1.29, 1.82) is 0 Å². The number of carbonyl (C=O) groups excluding carboxylic acids is 1. The minimum atomic E-state index is 0.0755. The Bertz CT molecular complexity index is 721. The Morgan fingerprint density at radius 1 is 0.893 bits per heavy atom. The topological polar surface area (TPSA) is 23.6 Å². The number of hydrogen-bond donors (Lipinski definition) is 0. The van der Waals surface area contributed by atoms with Gasteiger partial charge in [-0.1, -0.05) is 74.0 Å². The molecule has 2 atom stereocenters. The maximum Gasteiger partial charge on any atom is 0.240 e. The van der Waals surface area contributed by atoms with Crippen molar-refractivity contribution in [2.75, 3.05) is 19.6 Å². The molecular weight excluding hydrogens is 344 g/mol. The second-order valence-electron chi connectivity index (χ2n) is 8.18. The lowest BCUT2D eigenvalue weighted by Crippen LogP contribution is -2.52. The molecule has 28 heavy (non-hydrogen) atoms. The van der Waals surface area contributed by atoms with Gasteiger partial charge in [0.25, 0.3) is 0 Å². The van der Waals surface area contributed by atoms with Gasteiger partial charge in [-0.3, -0.25) is 9.69 Å². The molecule has 2 aliphatic heterocycles. The molecule has 148 valence electrons. The van der Waals surface area contributed by atoms with Gasteiger partial charge in [-0.15, -0.1) is 0 Å². The van der Waals surface area contributed by atoms with Crippen molar-refractivity contribution < 1.29 is 4.79 Å². The molecule has 1 unspecified atom stereocenters. The van der Waals surface area contributed by atoms with Crippen molar-refractivity contribution in [3.8, 4) is 0 Å². The number of benzene rings is 2. The molecule has 0 radical (unpaired) electrons. The van der Waals surface area contributed by atoms with Gasteiger partial charge in [-0.05, 0) is 49.9 Å². The molecule has 2 fully saturated rings. The van der Waals surface area contributed by atoms with Crippen molar-refractivity contribution >= 4 is 5.91 Å². The van der Waals surface area contributed by atoms with Crippen LogP contribution in [0.25, 0.3) is 0 Å². The van der Waals surface area contributed by atoms with Gasteiger partial charge >= 0.3 is 0 Å². The van der Waals surface area contributed by atoms with Gasteiger partial charge in [0.15, 0.2) is 0 Å². The molecule has 0 N–H and O–H groups in total. The summed E-state index contributed by atoms with van der Waals surface area (Å²) in [6.07, 6.45) is 5.59. The number of piperidine rings is 1. The number of nitrogens with zero attached hydrogens (tertiary/aromatic N) is 2. The van der Waals surface area contributed by atoms with E-state index in [0.717, 1.165) is 38.9 Å². The highest BCUT2D eigenvalue weighted by Crippen LogP contribution is 2.37. The van der Waals surface area contributed by atoms with Crippen LogP contribution in [0.3, 0.4) is 0 Å². The monoisotopic (exact) mass is 376 g/mol. The first kappa shape index (κ1) is 19.2. The zero-order chi connectivity index (χ0) is 19.3. The lowest BCUT2D eigenvalue weighted by Gasteiger charge is -2.39. The van der Waals surface area contributed by atoms with Gasteiger partial charge in [0.2, 0.25) is 5.91 Å². The summed E-state index contributed by atoms with van der Waals surface area (Å²) in [6.45, 7) is 5.11. The summed E-state index contributed by atoms with van der Waals surface area (Å²) in [6, 6.07) is 21.8. The molecule has 0 saturated carbocycles. The lowest BCUT2D eigenvalue weighted by atomic mass is 9.83. The molecule has 3 nitrogen and oxygen atoms in total. The highest BCUT2D eigenvalue weighted by atomic mass is 16.2. The average molecular weight is 377 g/mol. The Hall–Kier alpha value is -2.13. The van der Waals surface area contributed by atoms with Gasteiger partial charge in [-0.25, -0.2) is 0 Å². The minimum absolute atomic E-state index is 0.0755. The van der Waals surface area contributed by atoms with E-state index >= 15 is 0 Å². The first-order valence-corrected chi connectivity index (χ1v) is 10.9. The van der Waals surface area contributed by atoms with Gasteiger partial charge in [0.1, 0.15) is 0 Å². The van der Waals surface area contributed by atoms with Gasteiger partial charge in [0.05, 0.1) is 6.04 Å². The predicted octanol–water partition coefficient (Wildman–Crippen LogP) is 4.68. The molecule has 4 rings (SSSR count). The third kappa shape index (κ3) is 3.86. The maximum atomic E-state index is 13.6. The molecule has 0 spiro atoms. The molecule has 0 aromatic heterocycles. The molecule has 2 aromatic rings. The summed E-state index contributed by atoms with van der Waals surface area (Å²) in [5.41, 5.74) is 2.63. The first-order chi connectivity index (χ1) is 13.8. The van der Waals surface area contributed by atoms with Crippen LogP contribution >= 0.6 is 0 Å². The van der Waals surface area contributed by atoms with E-state index in [1.807, 2.05) is 0 Å². The van der Waals surface area contributed by atoms with E-state index in [9.17, 15) is 4.79 Å². The smallest absolute Gasteiger partial charge is 0.240 e. The molecule has 0 aliphatic carbocycles. The van der Waals surface area contributed by atoms with Gasteiger partial charge in [-0.2, -0.15) is 0 Å². The zero-order valence-electron chi connectivity index (χ0n) is 17.0. The van der Waals surface area contributed by atoms with Crippen molar-refractivity contribution in [3.63, 3.8) is 0 Å². The summed E-state index contributed by atoms with van der Waals surface area (Å²) in [5, 5.41) is 0. The maximum absolute atomic E-state index is 13.6. The van der Waals surface area contributed by atoms with Crippen LogP contribution in [0.1, 0.15) is 56.1 Å². The summed E-state index contributed by atoms with van der Waals surface area (Å²) < 4.78 is 0. The minimum Gasteiger partial charge on any atom is -0.337 e. The number of likely N-dealkylation sites (tertiary alicyclic amines) is 2. The number of carbonyl (C=O) groups is 1. The number of amides is 1. The summed E-state index contributed by atoms with van der Waals surface area (Å²) in [7, 11) is 0. The zero-order valence-corrected chi connectivity index (χ0v) is 17.0. The number of likely N-dealkylation sites (N-methyl/N-ethyl adjacent to an activating group) is 1. The van der Waals surface area contributed by atoms with Crippen LogP contribution in [-0.4, -0.2) is 47.4 Å². The number of rotatable bonds is 5. The Labute approximate surface area is 169 Å². The standard InChI is InChI=1S/C25H32N2O/c1-2-26-18-10-9-16-23(26)25(28)27-19-11-17-22(27)24(20-12-5-3-6-13-20)21-14-7-4-8-15-21/h3-8,12-15,22-24H,2,9-11,16-19H2,1H3/t22-,23?/m0/s1. The number of hydrogen-bond acceptors (Lipinski definition) is 2. The Morgan fingerprint density at radius 2 is 1.54 bits per heavy atom. The van der Waals surface area contributed by atoms with Crippen LogP contribution in [0.5, 0.6) is 0 Å². The highest BCUT2D eigenvalue weighted by Gasteiger charge is 2.40. The van der Waals surface area contributed by atoms with Crippen LogP contribution in [0.4, 0.5) is 0 Å². The Morgan fingerprint density at radius 3 is 2.14 bits per heavy atom. The highest BCUT2D eigenvalue weighted by molar-refractivity contribution is 5.82. The van der Waals surface area contributed by atoms with Crippen molar-refractivity contribution in [2.24, 2.45) is 0 Å². The van der Waals surface area contributed by atoms with Crippen LogP contribution in [-0.2, 0) is 4.79 Å². The van der Waals surface area contributed by atoms with E-state index in [2.05, 4.69) is 77.4 Å². The molecule has 2 aliphatic rings. The van der Waals surface area contributed by atoms with Gasteiger partial charge in [0, 0.05) is 18.5 Å². The van der Waals surface area contributed by atoms with Crippen molar-refractivity contribution in [1.82, 2.24) is 9.80 Å². The summed E-state index contributed by atoms with van der Waals surface area (Å²) in [4.78, 5) is 18.2. The SMILES string of the molecule is CCN1CCCCC1C(=O)N1CCC[C@H]1C(c1ccccc1)c1ccccc1. The second kappa shape index (κ2) is 8.91. The Kier molecular flexibility index (Phi) is 6.11. The quantitative estimate of drug-likeness (QED) is 0.756. The molecule has 2 aromatic carbocycles. The predicted molar refractivity (Wildman–Crippen MR) is 114 cm³/mol. The fraction of sp³-hybridized carbons (Fsp3) is 0.480. The van der Waals surface area contributed by atoms with Crippen molar-refractivity contribution in [3.05, 3.63) is 71.8 Å². The van der Waals surface area contributed by atoms with E-state index in [-0.39, 0.29) is 18.0 Å². The fourth-order valence-corrected chi connectivity index (χ4v) is 5.21. The van der Waals surface area contributed by atoms with E-state index in [1.165, 1.54) is 24.0 Å². The third-order valence-corrected chi connectivity index (χ3v) is 6.59. The van der Waals surface area contributed by atoms with Crippen LogP contribution < -0.4 is 0 Å². The molecular formula is C25H32N2O. The van der Waals surface area contributed by atoms with Crippen LogP contribution in [0, 0.1) is 0 Å². The van der Waals surface area contributed by atoms with Crippen molar-refractivity contribution in [2.45, 2.75) is 57.0 Å². The Balaban J connectivity index is 1.65. The molecule has 1 amide bonds. The van der Waals surface area contributed by atoms with E-state index in [4.69, 9.17) is 0 Å². The second-order valence-corrected chi connectivity index (χ2v) is 8.18. The lowest BCUT2D eigenvalue weighted by molar-refractivity contribution is -0.139. The largest absolute Gasteiger partial charge is 0.337 e. The van der Waals surface area contributed by atoms with Crippen LogP contribution in [0.2, 0.25) is 0 Å².